The Kier molecular flexibility index (Phi) is 6.99. The molecule has 1 aromatic heterocycles. The Morgan fingerprint density at radius 3 is 2.42 bits per heavy atom. The lowest BCUT2D eigenvalue weighted by Crippen LogP contribution is -2.48. The predicted octanol–water partition coefficient (Wildman–Crippen LogP) is 4.46. The van der Waals surface area contributed by atoms with Crippen LogP contribution in [0.1, 0.15) is 16.7 Å². The van der Waals surface area contributed by atoms with Gasteiger partial charge in [0.05, 0.1) is 0 Å². The summed E-state index contributed by atoms with van der Waals surface area (Å²) >= 11 is 0. The number of ether oxygens (including phenoxy) is 1. The third-order valence-corrected chi connectivity index (χ3v) is 5.30. The van der Waals surface area contributed by atoms with Crippen LogP contribution in [0, 0.1) is 5.82 Å². The van der Waals surface area contributed by atoms with Crippen LogP contribution in [0.3, 0.4) is 0 Å². The molecule has 0 fully saturated rings. The highest BCUT2D eigenvalue weighted by Gasteiger charge is 2.23. The summed E-state index contributed by atoms with van der Waals surface area (Å²) in [4.78, 5) is 28.6. The minimum absolute atomic E-state index is 0.101. The molecule has 0 aliphatic carbocycles. The summed E-state index contributed by atoms with van der Waals surface area (Å²) in [5.41, 5.74) is 3.45. The highest BCUT2D eigenvalue weighted by molar-refractivity contribution is 5.88. The molecule has 0 bridgehead atoms. The van der Waals surface area contributed by atoms with Crippen molar-refractivity contribution >= 4 is 22.9 Å². The van der Waals surface area contributed by atoms with Gasteiger partial charge in [0.25, 0.3) is 0 Å². The monoisotopic (exact) mass is 445 g/mol. The largest absolute Gasteiger partial charge is 0.445 e. The van der Waals surface area contributed by atoms with Crippen molar-refractivity contribution < 1.29 is 18.7 Å². The van der Waals surface area contributed by atoms with Gasteiger partial charge in [0.15, 0.2) is 0 Å². The topological polar surface area (TPSA) is 83.2 Å². The number of amides is 2. The van der Waals surface area contributed by atoms with E-state index in [-0.39, 0.29) is 31.3 Å². The molecule has 3 N–H and O–H groups in total. The number of fused-ring (bicyclic) bond motifs is 1. The van der Waals surface area contributed by atoms with E-state index < -0.39 is 12.1 Å². The number of alkyl carbamates (subject to hydrolysis) is 1. The fraction of sp³-hybridized carbons (Fsp3) is 0.154. The second kappa shape index (κ2) is 10.5. The van der Waals surface area contributed by atoms with Crippen molar-refractivity contribution in [3.8, 4) is 0 Å². The van der Waals surface area contributed by atoms with E-state index in [0.29, 0.717) is 0 Å². The molecule has 0 aliphatic heterocycles. The normalized spacial score (nSPS) is 11.7. The molecular formula is C26H24FN3O3. The summed E-state index contributed by atoms with van der Waals surface area (Å²) in [6, 6.07) is 22.1. The predicted molar refractivity (Wildman–Crippen MR) is 124 cm³/mol. The number of halogens is 1. The molecule has 0 aliphatic rings. The van der Waals surface area contributed by atoms with Crippen LogP contribution in [0.25, 0.3) is 10.9 Å². The maximum Gasteiger partial charge on any atom is 0.408 e. The summed E-state index contributed by atoms with van der Waals surface area (Å²) in [6.45, 7) is 0.313. The molecule has 3 aromatic carbocycles. The molecule has 168 valence electrons. The number of H-pyrrole nitrogens is 1. The number of para-hydroxylation sites is 1. The zero-order valence-corrected chi connectivity index (χ0v) is 17.9. The number of benzene rings is 3. The summed E-state index contributed by atoms with van der Waals surface area (Å²) in [6.07, 6.45) is 1.43. The van der Waals surface area contributed by atoms with Crippen LogP contribution < -0.4 is 10.6 Å². The number of carbonyl (C=O) groups excluding carboxylic acids is 2. The molecule has 0 spiro atoms. The van der Waals surface area contributed by atoms with Crippen molar-refractivity contribution in [1.82, 2.24) is 15.6 Å². The molecule has 0 unspecified atom stereocenters. The van der Waals surface area contributed by atoms with Crippen molar-refractivity contribution in [2.75, 3.05) is 0 Å². The first-order valence-corrected chi connectivity index (χ1v) is 10.6. The first-order chi connectivity index (χ1) is 16.1. The summed E-state index contributed by atoms with van der Waals surface area (Å²) in [7, 11) is 0. The molecule has 33 heavy (non-hydrogen) atoms. The van der Waals surface area contributed by atoms with Crippen molar-refractivity contribution in [2.24, 2.45) is 0 Å². The number of rotatable bonds is 8. The molecule has 4 aromatic rings. The summed E-state index contributed by atoms with van der Waals surface area (Å²) in [5, 5.41) is 6.48. The van der Waals surface area contributed by atoms with Crippen LogP contribution >= 0.6 is 0 Å². The van der Waals surface area contributed by atoms with Gasteiger partial charge in [-0.1, -0.05) is 60.7 Å². The van der Waals surface area contributed by atoms with Crippen LogP contribution in [0.15, 0.2) is 85.1 Å². The molecular weight excluding hydrogens is 421 g/mol. The van der Waals surface area contributed by atoms with Gasteiger partial charge in [-0.2, -0.15) is 0 Å². The highest BCUT2D eigenvalue weighted by Crippen LogP contribution is 2.19. The van der Waals surface area contributed by atoms with E-state index in [9.17, 15) is 14.0 Å². The number of aromatic nitrogens is 1. The van der Waals surface area contributed by atoms with Crippen LogP contribution in [0.2, 0.25) is 0 Å². The smallest absolute Gasteiger partial charge is 0.408 e. The summed E-state index contributed by atoms with van der Waals surface area (Å²) in [5.74, 6) is -0.702. The van der Waals surface area contributed by atoms with Crippen molar-refractivity contribution in [3.05, 3.63) is 108 Å². The van der Waals surface area contributed by atoms with Gasteiger partial charge >= 0.3 is 6.09 Å². The lowest BCUT2D eigenvalue weighted by molar-refractivity contribution is -0.123. The van der Waals surface area contributed by atoms with Crippen molar-refractivity contribution in [1.29, 1.82) is 0 Å². The first-order valence-electron chi connectivity index (χ1n) is 10.6. The van der Waals surface area contributed by atoms with Crippen molar-refractivity contribution in [3.63, 3.8) is 0 Å². The van der Waals surface area contributed by atoms with Crippen LogP contribution in [0.4, 0.5) is 9.18 Å². The maximum atomic E-state index is 13.1. The van der Waals surface area contributed by atoms with E-state index in [2.05, 4.69) is 15.6 Å². The van der Waals surface area contributed by atoms with E-state index in [1.807, 2.05) is 60.8 Å². The van der Waals surface area contributed by atoms with Gasteiger partial charge in [-0.05, 0) is 34.9 Å². The van der Waals surface area contributed by atoms with E-state index in [1.54, 1.807) is 12.1 Å². The van der Waals surface area contributed by atoms with Gasteiger partial charge in [0.2, 0.25) is 5.91 Å². The molecule has 7 heteroatoms. The lowest BCUT2D eigenvalue weighted by Gasteiger charge is -2.18. The number of hydrogen-bond acceptors (Lipinski definition) is 3. The fourth-order valence-corrected chi connectivity index (χ4v) is 3.55. The lowest BCUT2D eigenvalue weighted by atomic mass is 10.0. The first kappa shape index (κ1) is 22.1. The molecule has 1 atom stereocenters. The van der Waals surface area contributed by atoms with Gasteiger partial charge in [-0.15, -0.1) is 0 Å². The summed E-state index contributed by atoms with van der Waals surface area (Å²) < 4.78 is 18.5. The van der Waals surface area contributed by atoms with Crippen LogP contribution in [0.5, 0.6) is 0 Å². The molecule has 0 saturated heterocycles. The molecule has 0 radical (unpaired) electrons. The second-order valence-electron chi connectivity index (χ2n) is 7.67. The fourth-order valence-electron chi connectivity index (χ4n) is 3.55. The average Bonchev–Trinajstić information content (AvgIpc) is 3.25. The van der Waals surface area contributed by atoms with Gasteiger partial charge in [0, 0.05) is 30.1 Å². The van der Waals surface area contributed by atoms with Crippen LogP contribution in [-0.4, -0.2) is 23.0 Å². The number of aromatic amines is 1. The zero-order valence-electron chi connectivity index (χ0n) is 17.9. The molecule has 2 amide bonds. The van der Waals surface area contributed by atoms with E-state index in [4.69, 9.17) is 4.74 Å². The Labute approximate surface area is 190 Å². The van der Waals surface area contributed by atoms with Gasteiger partial charge in [0.1, 0.15) is 18.5 Å². The number of hydrogen-bond donors (Lipinski definition) is 3. The highest BCUT2D eigenvalue weighted by atomic mass is 19.1. The molecule has 6 nitrogen and oxygen atoms in total. The standard InChI is InChI=1S/C26H24FN3O3/c27-21-12-10-18(11-13-21)15-29-25(31)24(14-20-16-28-23-9-5-4-8-22(20)23)30-26(32)33-17-19-6-2-1-3-7-19/h1-13,16,24,28H,14-15,17H2,(H,29,31)(H,30,32)/t24-/m1/s1. The van der Waals surface area contributed by atoms with Gasteiger partial charge < -0.3 is 20.4 Å². The Morgan fingerprint density at radius 1 is 0.909 bits per heavy atom. The SMILES string of the molecule is O=C(N[C@H](Cc1c[nH]c2ccccc12)C(=O)NCc1ccc(F)cc1)OCc1ccccc1. The molecule has 0 saturated carbocycles. The third kappa shape index (κ3) is 5.98. The molecule has 1 heterocycles. The third-order valence-electron chi connectivity index (χ3n) is 5.30. The maximum absolute atomic E-state index is 13.1. The van der Waals surface area contributed by atoms with Crippen LogP contribution in [-0.2, 0) is 29.1 Å². The van der Waals surface area contributed by atoms with E-state index in [1.165, 1.54) is 12.1 Å². The number of carbonyl (C=O) groups is 2. The Hall–Kier alpha value is -4.13. The van der Waals surface area contributed by atoms with E-state index >= 15 is 0 Å². The number of nitrogens with one attached hydrogen (secondary N) is 3. The van der Waals surface area contributed by atoms with Crippen molar-refractivity contribution in [2.45, 2.75) is 25.6 Å². The molecule has 4 rings (SSSR count). The van der Waals surface area contributed by atoms with Gasteiger partial charge in [-0.3, -0.25) is 4.79 Å². The Morgan fingerprint density at radius 2 is 1.64 bits per heavy atom. The second-order valence-corrected chi connectivity index (χ2v) is 7.67. The van der Waals surface area contributed by atoms with Gasteiger partial charge in [-0.25, -0.2) is 9.18 Å². The van der Waals surface area contributed by atoms with E-state index in [0.717, 1.165) is 27.6 Å². The minimum atomic E-state index is -0.854. The Balaban J connectivity index is 1.44. The average molecular weight is 445 g/mol. The Bertz CT molecular complexity index is 1220. The quantitative estimate of drug-likeness (QED) is 0.374. The minimum Gasteiger partial charge on any atom is -0.445 e. The zero-order chi connectivity index (χ0) is 23.0.